The first-order valence-corrected chi connectivity index (χ1v) is 10.9. The third kappa shape index (κ3) is 6.18. The topological polar surface area (TPSA) is 101 Å². The van der Waals surface area contributed by atoms with Crippen molar-refractivity contribution in [3.05, 3.63) is 48.3 Å². The van der Waals surface area contributed by atoms with Gasteiger partial charge in [0.15, 0.2) is 11.4 Å². The fourth-order valence-corrected chi connectivity index (χ4v) is 3.89. The molecule has 1 saturated heterocycles. The van der Waals surface area contributed by atoms with Crippen LogP contribution in [0.4, 0.5) is 0 Å². The van der Waals surface area contributed by atoms with Crippen molar-refractivity contribution in [2.24, 2.45) is 5.41 Å². The molecule has 30 heavy (non-hydrogen) atoms. The molecular formula is C22H31N3O4S. The second-order valence-corrected chi connectivity index (χ2v) is 9.00. The maximum atomic E-state index is 5.89. The number of H-pyrrole nitrogens is 1. The Balaban J connectivity index is 0.00000171. The Kier molecular flexibility index (Phi) is 7.71. The number of fused-ring (bicyclic) bond motifs is 1. The summed E-state index contributed by atoms with van der Waals surface area (Å²) in [6.45, 7) is 6.43. The molecule has 2 aromatic heterocycles. The number of thioether (sulfide) groups is 1. The molecule has 1 aliphatic rings. The van der Waals surface area contributed by atoms with Crippen LogP contribution in [0, 0.1) is 5.41 Å². The minimum atomic E-state index is -0.111. The van der Waals surface area contributed by atoms with Gasteiger partial charge in [-0.15, -0.1) is 0 Å². The normalized spacial score (nSPS) is 16.3. The van der Waals surface area contributed by atoms with E-state index in [9.17, 15) is 0 Å². The standard InChI is InChI=1S/C22H27N3O3S.H2O.H2/c1-22(2)14-27-20(28-15-22)8-5-11-26-17-9-10-23-16(12-17)13-29-21-24-18-6-3-4-7-19(18)25-21;;/h3-4,6-7,9-10,12,20H,5,8,11,13-15H2,1-2H3,(H,24,25);1H2;1H. The molecule has 3 heterocycles. The van der Waals surface area contributed by atoms with Crippen LogP contribution in [0.1, 0.15) is 33.8 Å². The van der Waals surface area contributed by atoms with Crippen LogP contribution in [-0.2, 0) is 15.2 Å². The molecule has 0 bridgehead atoms. The average molecular weight is 434 g/mol. The monoisotopic (exact) mass is 433 g/mol. The van der Waals surface area contributed by atoms with Crippen LogP contribution in [0.5, 0.6) is 5.75 Å². The Morgan fingerprint density at radius 1 is 1.23 bits per heavy atom. The summed E-state index contributed by atoms with van der Waals surface area (Å²) in [5.74, 6) is 1.57. The third-order valence-electron chi connectivity index (χ3n) is 4.69. The first-order chi connectivity index (χ1) is 14.1. The number of imidazole rings is 1. The number of hydrogen-bond acceptors (Lipinski definition) is 6. The van der Waals surface area contributed by atoms with E-state index < -0.39 is 0 Å². The van der Waals surface area contributed by atoms with Gasteiger partial charge in [-0.3, -0.25) is 4.98 Å². The Morgan fingerprint density at radius 3 is 2.83 bits per heavy atom. The zero-order valence-electron chi connectivity index (χ0n) is 17.4. The largest absolute Gasteiger partial charge is 0.493 e. The SMILES string of the molecule is CC1(C)COC(CCCOc2ccnc(CSc3nc4ccccc4[nH]3)c2)OC1.O.[HH]. The Labute approximate surface area is 182 Å². The molecule has 0 spiro atoms. The molecule has 8 heteroatoms. The number of benzene rings is 1. The van der Waals surface area contributed by atoms with E-state index >= 15 is 0 Å². The molecule has 164 valence electrons. The highest BCUT2D eigenvalue weighted by Crippen LogP contribution is 2.25. The van der Waals surface area contributed by atoms with Gasteiger partial charge in [0.2, 0.25) is 0 Å². The van der Waals surface area contributed by atoms with Gasteiger partial charge in [0.05, 0.1) is 36.5 Å². The van der Waals surface area contributed by atoms with Crippen molar-refractivity contribution in [2.45, 2.75) is 43.9 Å². The second-order valence-electron chi connectivity index (χ2n) is 8.04. The predicted molar refractivity (Wildman–Crippen MR) is 120 cm³/mol. The molecule has 4 rings (SSSR count). The van der Waals surface area contributed by atoms with E-state index in [-0.39, 0.29) is 18.6 Å². The summed E-state index contributed by atoms with van der Waals surface area (Å²) in [6.07, 6.45) is 3.41. The van der Waals surface area contributed by atoms with Crippen molar-refractivity contribution in [2.75, 3.05) is 19.8 Å². The summed E-state index contributed by atoms with van der Waals surface area (Å²) in [6, 6.07) is 11.9. The van der Waals surface area contributed by atoms with E-state index in [1.807, 2.05) is 36.4 Å². The molecule has 0 unspecified atom stereocenters. The minimum absolute atomic E-state index is 0. The Bertz CT molecular complexity index is 910. The summed E-state index contributed by atoms with van der Waals surface area (Å²) < 4.78 is 17.4. The maximum Gasteiger partial charge on any atom is 0.166 e. The van der Waals surface area contributed by atoms with Gasteiger partial charge >= 0.3 is 0 Å². The lowest BCUT2D eigenvalue weighted by Crippen LogP contribution is -2.37. The Hall–Kier alpha value is -2.13. The number of hydrogen-bond donors (Lipinski definition) is 1. The first kappa shape index (κ1) is 22.6. The summed E-state index contributed by atoms with van der Waals surface area (Å²) in [5, 5.41) is 0.898. The van der Waals surface area contributed by atoms with Crippen molar-refractivity contribution in [1.29, 1.82) is 0 Å². The quantitative estimate of drug-likeness (QED) is 0.421. The van der Waals surface area contributed by atoms with E-state index in [1.165, 1.54) is 0 Å². The number of rotatable bonds is 8. The summed E-state index contributed by atoms with van der Waals surface area (Å²) in [4.78, 5) is 12.4. The summed E-state index contributed by atoms with van der Waals surface area (Å²) in [7, 11) is 0. The molecule has 1 aromatic carbocycles. The fraction of sp³-hybridized carbons (Fsp3) is 0.455. The molecule has 0 aliphatic carbocycles. The Morgan fingerprint density at radius 2 is 2.03 bits per heavy atom. The zero-order chi connectivity index (χ0) is 20.1. The van der Waals surface area contributed by atoms with Crippen LogP contribution in [0.2, 0.25) is 0 Å². The lowest BCUT2D eigenvalue weighted by atomic mass is 9.95. The maximum absolute atomic E-state index is 5.89. The van der Waals surface area contributed by atoms with E-state index in [1.54, 1.807) is 18.0 Å². The minimum Gasteiger partial charge on any atom is -0.493 e. The molecule has 1 aliphatic heterocycles. The van der Waals surface area contributed by atoms with Gasteiger partial charge in [-0.25, -0.2) is 4.98 Å². The predicted octanol–water partition coefficient (Wildman–Crippen LogP) is 4.23. The molecule has 7 nitrogen and oxygen atoms in total. The van der Waals surface area contributed by atoms with Gasteiger partial charge in [-0.05, 0) is 24.6 Å². The lowest BCUT2D eigenvalue weighted by molar-refractivity contribution is -0.224. The smallest absolute Gasteiger partial charge is 0.166 e. The highest BCUT2D eigenvalue weighted by molar-refractivity contribution is 7.98. The van der Waals surface area contributed by atoms with Crippen LogP contribution in [0.3, 0.4) is 0 Å². The lowest BCUT2D eigenvalue weighted by Gasteiger charge is -2.34. The second kappa shape index (κ2) is 10.3. The number of nitrogens with one attached hydrogen (secondary N) is 1. The molecule has 1 fully saturated rings. The van der Waals surface area contributed by atoms with Crippen LogP contribution >= 0.6 is 11.8 Å². The number of nitrogens with zero attached hydrogens (tertiary/aromatic N) is 2. The molecule has 0 amide bonds. The van der Waals surface area contributed by atoms with Crippen LogP contribution < -0.4 is 4.74 Å². The van der Waals surface area contributed by atoms with E-state index in [0.717, 1.165) is 59.4 Å². The van der Waals surface area contributed by atoms with Crippen molar-refractivity contribution in [3.8, 4) is 5.75 Å². The van der Waals surface area contributed by atoms with Gasteiger partial charge < -0.3 is 24.7 Å². The number of aromatic amines is 1. The van der Waals surface area contributed by atoms with Crippen LogP contribution in [-0.4, -0.2) is 46.5 Å². The van der Waals surface area contributed by atoms with Gasteiger partial charge in [0.1, 0.15) is 5.75 Å². The fourth-order valence-electron chi connectivity index (χ4n) is 3.10. The number of ether oxygens (including phenoxy) is 3. The van der Waals surface area contributed by atoms with E-state index in [0.29, 0.717) is 6.61 Å². The number of aromatic nitrogens is 3. The van der Waals surface area contributed by atoms with Crippen molar-refractivity contribution >= 4 is 22.8 Å². The highest BCUT2D eigenvalue weighted by atomic mass is 32.2. The average Bonchev–Trinajstić information content (AvgIpc) is 3.14. The van der Waals surface area contributed by atoms with Crippen molar-refractivity contribution in [1.82, 2.24) is 15.0 Å². The highest BCUT2D eigenvalue weighted by Gasteiger charge is 2.27. The number of para-hydroxylation sites is 2. The van der Waals surface area contributed by atoms with Gasteiger partial charge in [-0.2, -0.15) is 0 Å². The summed E-state index contributed by atoms with van der Waals surface area (Å²) >= 11 is 1.64. The molecule has 3 N–H and O–H groups in total. The van der Waals surface area contributed by atoms with Crippen LogP contribution in [0.15, 0.2) is 47.8 Å². The van der Waals surface area contributed by atoms with Gasteiger partial charge in [0, 0.05) is 31.3 Å². The van der Waals surface area contributed by atoms with Gasteiger partial charge in [-0.1, -0.05) is 37.7 Å². The summed E-state index contributed by atoms with van der Waals surface area (Å²) in [5.41, 5.74) is 3.11. The molecule has 0 saturated carbocycles. The number of pyridine rings is 1. The van der Waals surface area contributed by atoms with Gasteiger partial charge in [0.25, 0.3) is 0 Å². The molecular weight excluding hydrogens is 402 g/mol. The molecule has 3 aromatic rings. The molecule has 0 radical (unpaired) electrons. The van der Waals surface area contributed by atoms with E-state index in [4.69, 9.17) is 14.2 Å². The van der Waals surface area contributed by atoms with Crippen LogP contribution in [0.25, 0.3) is 11.0 Å². The first-order valence-electron chi connectivity index (χ1n) is 9.96. The van der Waals surface area contributed by atoms with E-state index in [2.05, 4.69) is 28.8 Å². The molecule has 0 atom stereocenters. The van der Waals surface area contributed by atoms with Crippen molar-refractivity contribution in [3.63, 3.8) is 0 Å². The van der Waals surface area contributed by atoms with Crippen molar-refractivity contribution < 1.29 is 21.1 Å². The third-order valence-corrected chi connectivity index (χ3v) is 5.59. The zero-order valence-corrected chi connectivity index (χ0v) is 18.2.